The molecule has 0 unspecified atom stereocenters. The average molecular weight is 441 g/mol. The van der Waals surface area contributed by atoms with Crippen LogP contribution in [0.4, 0.5) is 4.39 Å². The second kappa shape index (κ2) is 10.7. The van der Waals surface area contributed by atoms with Crippen LogP contribution < -0.4 is 11.0 Å². The number of para-hydroxylation sites is 2. The zero-order chi connectivity index (χ0) is 23.1. The molecule has 0 bridgehead atoms. The van der Waals surface area contributed by atoms with Gasteiger partial charge in [0.05, 0.1) is 17.6 Å². The number of carbonyl (C=O) groups excluding carboxylic acids is 2. The summed E-state index contributed by atoms with van der Waals surface area (Å²) in [5.74, 6) is -0.815. The summed E-state index contributed by atoms with van der Waals surface area (Å²) in [7, 11) is 0. The molecule has 7 nitrogen and oxygen atoms in total. The first-order valence-electron chi connectivity index (χ1n) is 10.9. The van der Waals surface area contributed by atoms with Crippen LogP contribution in [-0.2, 0) is 29.2 Å². The van der Waals surface area contributed by atoms with Crippen molar-refractivity contribution in [2.24, 2.45) is 0 Å². The van der Waals surface area contributed by atoms with E-state index in [1.54, 1.807) is 21.3 Å². The van der Waals surface area contributed by atoms with E-state index in [1.165, 1.54) is 17.0 Å². The van der Waals surface area contributed by atoms with Crippen LogP contribution >= 0.6 is 0 Å². The molecule has 32 heavy (non-hydrogen) atoms. The fraction of sp³-hybridized carbons (Fsp3) is 0.375. The molecule has 8 heteroatoms. The summed E-state index contributed by atoms with van der Waals surface area (Å²) in [6.45, 7) is 5.28. The number of fused-ring (bicyclic) bond motifs is 1. The van der Waals surface area contributed by atoms with Gasteiger partial charge in [0, 0.05) is 32.6 Å². The van der Waals surface area contributed by atoms with Crippen molar-refractivity contribution in [2.45, 2.75) is 46.3 Å². The summed E-state index contributed by atoms with van der Waals surface area (Å²) < 4.78 is 16.4. The van der Waals surface area contributed by atoms with Crippen molar-refractivity contribution < 1.29 is 14.0 Å². The number of imidazole rings is 1. The highest BCUT2D eigenvalue weighted by Gasteiger charge is 2.18. The van der Waals surface area contributed by atoms with Crippen LogP contribution in [0.25, 0.3) is 11.0 Å². The number of likely N-dealkylation sites (N-methyl/N-ethyl adjacent to an activating group) is 1. The standard InChI is InChI=1S/C24H29FN4O3/c1-3-14-28-20-7-5-6-8-21(20)29(24(28)32)15-13-23(31)27(4-2)17-22(30)26-16-18-9-11-19(25)12-10-18/h5-12H,3-4,13-17H2,1-2H3,(H,26,30). The molecule has 170 valence electrons. The Labute approximate surface area is 186 Å². The molecule has 2 amide bonds. The number of benzene rings is 2. The van der Waals surface area contributed by atoms with Crippen LogP contribution in [0.5, 0.6) is 0 Å². The highest BCUT2D eigenvalue weighted by molar-refractivity contribution is 5.85. The molecular formula is C24H29FN4O3. The predicted molar refractivity (Wildman–Crippen MR) is 122 cm³/mol. The van der Waals surface area contributed by atoms with Crippen molar-refractivity contribution in [3.63, 3.8) is 0 Å². The molecule has 1 heterocycles. The maximum absolute atomic E-state index is 13.0. The minimum absolute atomic E-state index is 0.0664. The zero-order valence-electron chi connectivity index (χ0n) is 18.5. The van der Waals surface area contributed by atoms with Gasteiger partial charge >= 0.3 is 5.69 Å². The highest BCUT2D eigenvalue weighted by Crippen LogP contribution is 2.14. The molecule has 0 aliphatic carbocycles. The first kappa shape index (κ1) is 23.2. The third-order valence-corrected chi connectivity index (χ3v) is 5.39. The third kappa shape index (κ3) is 5.43. The number of aromatic nitrogens is 2. The van der Waals surface area contributed by atoms with E-state index in [4.69, 9.17) is 0 Å². The Kier molecular flexibility index (Phi) is 7.81. The van der Waals surface area contributed by atoms with E-state index in [0.29, 0.717) is 13.1 Å². The van der Waals surface area contributed by atoms with Crippen LogP contribution in [0.1, 0.15) is 32.3 Å². The molecule has 0 saturated carbocycles. The van der Waals surface area contributed by atoms with Gasteiger partial charge in [0.15, 0.2) is 0 Å². The lowest BCUT2D eigenvalue weighted by Gasteiger charge is -2.20. The Balaban J connectivity index is 1.61. The molecule has 1 aromatic heterocycles. The maximum Gasteiger partial charge on any atom is 0.329 e. The van der Waals surface area contributed by atoms with Crippen molar-refractivity contribution in [3.8, 4) is 0 Å². The number of amides is 2. The van der Waals surface area contributed by atoms with Gasteiger partial charge in [-0.25, -0.2) is 9.18 Å². The van der Waals surface area contributed by atoms with E-state index in [-0.39, 0.29) is 49.4 Å². The SMILES string of the molecule is CCCn1c(=O)n(CCC(=O)N(CC)CC(=O)NCc2ccc(F)cc2)c2ccccc21. The number of carbonyl (C=O) groups is 2. The van der Waals surface area contributed by atoms with Gasteiger partial charge in [0.1, 0.15) is 5.82 Å². The topological polar surface area (TPSA) is 76.3 Å². The van der Waals surface area contributed by atoms with Crippen LogP contribution in [0.3, 0.4) is 0 Å². The zero-order valence-corrected chi connectivity index (χ0v) is 18.5. The molecule has 0 saturated heterocycles. The van der Waals surface area contributed by atoms with Crippen LogP contribution in [-0.4, -0.2) is 38.9 Å². The molecule has 0 fully saturated rings. The van der Waals surface area contributed by atoms with Crippen molar-refractivity contribution in [2.75, 3.05) is 13.1 Å². The molecule has 0 aliphatic rings. The van der Waals surface area contributed by atoms with Crippen molar-refractivity contribution in [3.05, 3.63) is 70.4 Å². The number of rotatable bonds is 10. The van der Waals surface area contributed by atoms with E-state index in [9.17, 15) is 18.8 Å². The van der Waals surface area contributed by atoms with Gasteiger partial charge in [-0.2, -0.15) is 0 Å². The van der Waals surface area contributed by atoms with Crippen LogP contribution in [0.15, 0.2) is 53.3 Å². The lowest BCUT2D eigenvalue weighted by molar-refractivity contribution is -0.136. The number of halogens is 1. The van der Waals surface area contributed by atoms with Crippen molar-refractivity contribution in [1.82, 2.24) is 19.4 Å². The third-order valence-electron chi connectivity index (χ3n) is 5.39. The van der Waals surface area contributed by atoms with E-state index in [1.807, 2.05) is 38.1 Å². The lowest BCUT2D eigenvalue weighted by atomic mass is 10.2. The maximum atomic E-state index is 13.0. The number of nitrogens with zero attached hydrogens (tertiary/aromatic N) is 3. The Morgan fingerprint density at radius 2 is 1.59 bits per heavy atom. The summed E-state index contributed by atoms with van der Waals surface area (Å²) >= 11 is 0. The molecule has 2 aromatic carbocycles. The number of hydrogen-bond acceptors (Lipinski definition) is 3. The molecular weight excluding hydrogens is 411 g/mol. The summed E-state index contributed by atoms with van der Waals surface area (Å²) in [6.07, 6.45) is 0.961. The van der Waals surface area contributed by atoms with Gasteiger partial charge < -0.3 is 10.2 Å². The first-order chi connectivity index (χ1) is 15.4. The average Bonchev–Trinajstić information content (AvgIpc) is 3.06. The summed E-state index contributed by atoms with van der Waals surface area (Å²) in [4.78, 5) is 39.4. The van der Waals surface area contributed by atoms with E-state index >= 15 is 0 Å². The Morgan fingerprint density at radius 1 is 0.969 bits per heavy atom. The van der Waals surface area contributed by atoms with Crippen molar-refractivity contribution in [1.29, 1.82) is 0 Å². The largest absolute Gasteiger partial charge is 0.350 e. The van der Waals surface area contributed by atoms with Gasteiger partial charge in [-0.05, 0) is 43.2 Å². The minimum atomic E-state index is -0.334. The second-order valence-corrected chi connectivity index (χ2v) is 7.64. The summed E-state index contributed by atoms with van der Waals surface area (Å²) in [5.41, 5.74) is 2.32. The van der Waals surface area contributed by atoms with Crippen LogP contribution in [0, 0.1) is 5.82 Å². The second-order valence-electron chi connectivity index (χ2n) is 7.64. The minimum Gasteiger partial charge on any atom is -0.350 e. The monoisotopic (exact) mass is 440 g/mol. The number of nitrogens with one attached hydrogen (secondary N) is 1. The van der Waals surface area contributed by atoms with Gasteiger partial charge in [-0.1, -0.05) is 31.2 Å². The van der Waals surface area contributed by atoms with Gasteiger partial charge in [-0.15, -0.1) is 0 Å². The van der Waals surface area contributed by atoms with Crippen LogP contribution in [0.2, 0.25) is 0 Å². The molecule has 0 aliphatic heterocycles. The Hall–Kier alpha value is -3.42. The molecule has 3 aromatic rings. The fourth-order valence-electron chi connectivity index (χ4n) is 3.70. The predicted octanol–water partition coefficient (Wildman–Crippen LogP) is 2.91. The molecule has 0 radical (unpaired) electrons. The van der Waals surface area contributed by atoms with E-state index < -0.39 is 0 Å². The molecule has 1 N–H and O–H groups in total. The van der Waals surface area contributed by atoms with Gasteiger partial charge in [-0.3, -0.25) is 18.7 Å². The Morgan fingerprint density at radius 3 is 2.19 bits per heavy atom. The quantitative estimate of drug-likeness (QED) is 0.527. The highest BCUT2D eigenvalue weighted by atomic mass is 19.1. The molecule has 3 rings (SSSR count). The van der Waals surface area contributed by atoms with E-state index in [0.717, 1.165) is 23.0 Å². The van der Waals surface area contributed by atoms with E-state index in [2.05, 4.69) is 5.32 Å². The lowest BCUT2D eigenvalue weighted by Crippen LogP contribution is -2.41. The molecule has 0 spiro atoms. The Bertz CT molecular complexity index is 1130. The van der Waals surface area contributed by atoms with Gasteiger partial charge in [0.25, 0.3) is 0 Å². The summed E-state index contributed by atoms with van der Waals surface area (Å²) in [5, 5.41) is 2.75. The number of hydrogen-bond donors (Lipinski definition) is 1. The van der Waals surface area contributed by atoms with Crippen molar-refractivity contribution >= 4 is 22.8 Å². The van der Waals surface area contributed by atoms with Gasteiger partial charge in [0.2, 0.25) is 11.8 Å². The first-order valence-corrected chi connectivity index (χ1v) is 10.9. The fourth-order valence-corrected chi connectivity index (χ4v) is 3.70. The number of aryl methyl sites for hydroxylation is 2. The smallest absolute Gasteiger partial charge is 0.329 e. The summed E-state index contributed by atoms with van der Waals surface area (Å²) in [6, 6.07) is 13.4. The molecule has 0 atom stereocenters. The normalized spacial score (nSPS) is 11.0.